The van der Waals surface area contributed by atoms with E-state index in [1.807, 2.05) is 6.07 Å². The maximum Gasteiger partial charge on any atom is 0.235 e. The Balaban J connectivity index is 0.702. The first-order valence-electron chi connectivity index (χ1n) is 33.6. The molecule has 10 heterocycles. The highest BCUT2D eigenvalue weighted by atomic mass is 32.2. The molecule has 22 aromatic rings. The lowest BCUT2D eigenvalue weighted by atomic mass is 9.98. The van der Waals surface area contributed by atoms with Gasteiger partial charge in [-0.2, -0.15) is 0 Å². The zero-order chi connectivity index (χ0) is 64.7. The summed E-state index contributed by atoms with van der Waals surface area (Å²) in [6, 6.07) is 100. The van der Waals surface area contributed by atoms with Crippen molar-refractivity contribution in [3.05, 3.63) is 279 Å². The van der Waals surface area contributed by atoms with Gasteiger partial charge in [-0.15, -0.1) is 0 Å². The minimum atomic E-state index is 0.602. The van der Waals surface area contributed by atoms with Crippen LogP contribution in [-0.4, -0.2) is 38.2 Å². The zero-order valence-electron chi connectivity index (χ0n) is 52.8. The molecule has 2 aliphatic heterocycles. The summed E-state index contributed by atoms with van der Waals surface area (Å²) in [4.78, 5) is 26.9. The van der Waals surface area contributed by atoms with Gasteiger partial charge < -0.3 is 18.0 Å². The van der Waals surface area contributed by atoms with Gasteiger partial charge in [0.1, 0.15) is 16.7 Å². The molecule has 0 saturated carbocycles. The van der Waals surface area contributed by atoms with E-state index < -0.39 is 0 Å². The Morgan fingerprint density at radius 2 is 0.780 bits per heavy atom. The van der Waals surface area contributed by atoms with Gasteiger partial charge in [0.2, 0.25) is 11.9 Å². The van der Waals surface area contributed by atoms with Crippen LogP contribution >= 0.6 is 23.5 Å². The van der Waals surface area contributed by atoms with Crippen molar-refractivity contribution in [3.63, 3.8) is 0 Å². The molecule has 8 aromatic heterocycles. The Kier molecular flexibility index (Phi) is 10.4. The molecular formula is C88H46N8O2S2. The van der Waals surface area contributed by atoms with Gasteiger partial charge in [0.05, 0.1) is 66.4 Å². The highest BCUT2D eigenvalue weighted by Crippen LogP contribution is 2.54. The summed E-state index contributed by atoms with van der Waals surface area (Å²) < 4.78 is 23.8. The van der Waals surface area contributed by atoms with Gasteiger partial charge >= 0.3 is 0 Å². The molecule has 462 valence electrons. The minimum Gasteiger partial charge on any atom is -0.455 e. The molecule has 0 atom stereocenters. The summed E-state index contributed by atoms with van der Waals surface area (Å²) in [5, 5.41) is 15.2. The monoisotopic (exact) mass is 1310 g/mol. The maximum atomic E-state index is 7.58. The smallest absolute Gasteiger partial charge is 0.235 e. The van der Waals surface area contributed by atoms with Crippen molar-refractivity contribution in [1.29, 1.82) is 0 Å². The molecular weight excluding hydrogens is 1270 g/mol. The highest BCUT2D eigenvalue weighted by Gasteiger charge is 2.31. The number of benzene rings is 14. The first kappa shape index (κ1) is 53.4. The lowest BCUT2D eigenvalue weighted by molar-refractivity contribution is 0.672. The molecule has 0 aliphatic carbocycles. The van der Waals surface area contributed by atoms with E-state index in [9.17, 15) is 0 Å². The average Bonchev–Trinajstić information content (AvgIpc) is 1.42. The predicted molar refractivity (Wildman–Crippen MR) is 409 cm³/mol. The van der Waals surface area contributed by atoms with Crippen LogP contribution in [0.1, 0.15) is 0 Å². The molecule has 14 aromatic carbocycles. The zero-order valence-corrected chi connectivity index (χ0v) is 54.4. The number of hydrogen-bond acceptors (Lipinski definition) is 8. The normalized spacial score (nSPS) is 12.9. The van der Waals surface area contributed by atoms with Gasteiger partial charge in [0.25, 0.3) is 0 Å². The molecule has 0 radical (unpaired) electrons. The summed E-state index contributed by atoms with van der Waals surface area (Å²) in [6.45, 7) is 0. The van der Waals surface area contributed by atoms with E-state index >= 15 is 0 Å². The largest absolute Gasteiger partial charge is 0.455 e. The molecule has 24 rings (SSSR count). The lowest BCUT2D eigenvalue weighted by Crippen LogP contribution is -2.06. The second-order valence-electron chi connectivity index (χ2n) is 26.3. The van der Waals surface area contributed by atoms with Gasteiger partial charge in [-0.3, -0.25) is 9.13 Å². The predicted octanol–water partition coefficient (Wildman–Crippen LogP) is 23.7. The van der Waals surface area contributed by atoms with Gasteiger partial charge in [-0.25, -0.2) is 19.9 Å². The standard InChI is InChI=1S/C88H46N8O2S2/c1-3-18-48(19-4-1)93-68-44-42-56-53-23-9-13-32-70(53)97-83(56)75(68)61-43-45-67-74(80(61)93)59-24-8-12-31-66(59)95(67)87-89-64-29-17-35-73-77(64)79(92-87)62-27-15-26-50(86(62)100-73)47-36-37-52-55-39-41-57-58-40-38-54-51-22-7-11-30-65(51)96(82(54)85(58)98-84(57)81(55)94(69(52)46-47)49-20-5-2-6-21-49)88-90-63-28-16-34-72-76(63)78(91-88)60-25-10-14-33-71(60)99-72/h1-46H. The Hall–Kier alpha value is -12.7. The number of nitrogens with zero attached hydrogens (tertiary/aromatic N) is 8. The molecule has 0 spiro atoms. The van der Waals surface area contributed by atoms with Crippen LogP contribution in [0, 0.1) is 0 Å². The van der Waals surface area contributed by atoms with E-state index in [0.717, 1.165) is 213 Å². The number of hydrogen-bond donors (Lipinski definition) is 0. The van der Waals surface area contributed by atoms with Gasteiger partial charge in [0.15, 0.2) is 11.2 Å². The fourth-order valence-corrected chi connectivity index (χ4v) is 19.4. The third-order valence-corrected chi connectivity index (χ3v) is 23.5. The first-order valence-corrected chi connectivity index (χ1v) is 35.2. The molecule has 0 amide bonds. The minimum absolute atomic E-state index is 0.602. The molecule has 0 unspecified atom stereocenters. The summed E-state index contributed by atoms with van der Waals surface area (Å²) >= 11 is 3.58. The molecule has 0 N–H and O–H groups in total. The lowest BCUT2D eigenvalue weighted by Gasteiger charge is -2.22. The molecule has 2 aliphatic rings. The van der Waals surface area contributed by atoms with Crippen LogP contribution in [-0.2, 0) is 0 Å². The Morgan fingerprint density at radius 1 is 0.270 bits per heavy atom. The van der Waals surface area contributed by atoms with Crippen LogP contribution in [0.4, 0.5) is 0 Å². The maximum absolute atomic E-state index is 7.58. The van der Waals surface area contributed by atoms with Crippen molar-refractivity contribution >= 4 is 176 Å². The van der Waals surface area contributed by atoms with Crippen molar-refractivity contribution in [2.75, 3.05) is 0 Å². The second-order valence-corrected chi connectivity index (χ2v) is 28.4. The highest BCUT2D eigenvalue weighted by molar-refractivity contribution is 8.00. The van der Waals surface area contributed by atoms with E-state index in [1.165, 1.54) is 4.90 Å². The summed E-state index contributed by atoms with van der Waals surface area (Å²) in [6.07, 6.45) is 0. The molecule has 10 nitrogen and oxygen atoms in total. The number of aromatic nitrogens is 8. The van der Waals surface area contributed by atoms with Crippen molar-refractivity contribution in [1.82, 2.24) is 38.2 Å². The number of para-hydroxylation sites is 5. The summed E-state index contributed by atoms with van der Waals surface area (Å²) in [7, 11) is 0. The fourth-order valence-electron chi connectivity index (χ4n) is 17.0. The SMILES string of the molecule is c1ccc(-n2c3cc(-c4cccc5c4Sc4cccc6nc(-n7c8ccccc8c8c7ccc7c9c%10oc%11ccccc%11c%10ccc9n(-c9ccccc9)c78)nc-5c46)ccc3c3ccc4c5ccc6c7ccccc7n(-c7nc8c9c(cccc9n7)Sc7ccccc7-8)c6c5oc4c32)cc1. The first-order chi connectivity index (χ1) is 49.6. The van der Waals surface area contributed by atoms with Crippen LogP contribution in [0.25, 0.3) is 210 Å². The van der Waals surface area contributed by atoms with E-state index in [0.29, 0.717) is 11.9 Å². The molecule has 0 saturated heterocycles. The number of furan rings is 2. The molecule has 0 bridgehead atoms. The summed E-state index contributed by atoms with van der Waals surface area (Å²) in [5.41, 5.74) is 21.7. The Morgan fingerprint density at radius 3 is 1.53 bits per heavy atom. The van der Waals surface area contributed by atoms with E-state index in [2.05, 4.69) is 291 Å². The topological polar surface area (TPSA) is 97.6 Å². The Bertz CT molecular complexity index is 7480. The van der Waals surface area contributed by atoms with Crippen molar-refractivity contribution in [2.45, 2.75) is 19.6 Å². The summed E-state index contributed by atoms with van der Waals surface area (Å²) in [5.74, 6) is 1.21. The van der Waals surface area contributed by atoms with Crippen molar-refractivity contribution < 1.29 is 8.83 Å². The molecule has 0 fully saturated rings. The Labute approximate surface area is 575 Å². The van der Waals surface area contributed by atoms with Crippen LogP contribution in [0.3, 0.4) is 0 Å². The second kappa shape index (κ2) is 19.5. The third kappa shape index (κ3) is 6.99. The van der Waals surface area contributed by atoms with Gasteiger partial charge in [-0.05, 0) is 126 Å². The van der Waals surface area contributed by atoms with Crippen LogP contribution in [0.15, 0.2) is 307 Å². The average molecular weight is 1310 g/mol. The van der Waals surface area contributed by atoms with Crippen LogP contribution < -0.4 is 0 Å². The molecule has 100 heavy (non-hydrogen) atoms. The van der Waals surface area contributed by atoms with Gasteiger partial charge in [0, 0.05) is 112 Å². The quantitative estimate of drug-likeness (QED) is 0.168. The van der Waals surface area contributed by atoms with Gasteiger partial charge in [-0.1, -0.05) is 187 Å². The fraction of sp³-hybridized carbons (Fsp3) is 0. The number of fused-ring (bicyclic) bond motifs is 26. The molecule has 12 heteroatoms. The third-order valence-electron chi connectivity index (χ3n) is 21.2. The van der Waals surface area contributed by atoms with E-state index in [1.54, 1.807) is 23.5 Å². The van der Waals surface area contributed by atoms with E-state index in [4.69, 9.17) is 28.8 Å². The van der Waals surface area contributed by atoms with E-state index in [-0.39, 0.29) is 0 Å². The number of rotatable bonds is 5. The van der Waals surface area contributed by atoms with Crippen LogP contribution in [0.2, 0.25) is 0 Å². The van der Waals surface area contributed by atoms with Crippen LogP contribution in [0.5, 0.6) is 0 Å². The van der Waals surface area contributed by atoms with Crippen molar-refractivity contribution in [3.8, 4) is 56.9 Å². The van der Waals surface area contributed by atoms with Crippen molar-refractivity contribution in [2.24, 2.45) is 0 Å².